The lowest BCUT2D eigenvalue weighted by Gasteiger charge is -2.34. The Bertz CT molecular complexity index is 1100. The van der Waals surface area contributed by atoms with Gasteiger partial charge >= 0.3 is 0 Å². The number of hydrogen-bond donors (Lipinski definition) is 1. The fourth-order valence-corrected chi connectivity index (χ4v) is 4.43. The predicted octanol–water partition coefficient (Wildman–Crippen LogP) is 5.47. The Morgan fingerprint density at radius 1 is 1.10 bits per heavy atom. The highest BCUT2D eigenvalue weighted by Gasteiger charge is 2.28. The van der Waals surface area contributed by atoms with Crippen molar-refractivity contribution in [3.63, 3.8) is 0 Å². The van der Waals surface area contributed by atoms with Gasteiger partial charge in [-0.3, -0.25) is 9.59 Å². The van der Waals surface area contributed by atoms with Crippen molar-refractivity contribution < 1.29 is 4.79 Å². The van der Waals surface area contributed by atoms with Crippen LogP contribution in [0.15, 0.2) is 53.3 Å². The highest BCUT2D eigenvalue weighted by Crippen LogP contribution is 2.27. The third-order valence-corrected chi connectivity index (χ3v) is 6.13. The molecule has 1 fully saturated rings. The van der Waals surface area contributed by atoms with E-state index < -0.39 is 0 Å². The smallest absolute Gasteiger partial charge is 0.255 e. The summed E-state index contributed by atoms with van der Waals surface area (Å²) in [5.41, 5.74) is 2.87. The van der Waals surface area contributed by atoms with E-state index in [1.54, 1.807) is 12.1 Å². The highest BCUT2D eigenvalue weighted by molar-refractivity contribution is 6.33. The molecule has 1 N–H and O–H groups in total. The number of rotatable bonds is 4. The molecule has 0 bridgehead atoms. The average Bonchev–Trinajstić information content (AvgIpc) is 2.73. The van der Waals surface area contributed by atoms with E-state index in [0.29, 0.717) is 16.1 Å². The van der Waals surface area contributed by atoms with Crippen molar-refractivity contribution >= 4 is 28.4 Å². The molecule has 0 saturated heterocycles. The second-order valence-electron chi connectivity index (χ2n) is 7.92. The number of nitrogens with one attached hydrogen (secondary N) is 1. The molecule has 0 atom stereocenters. The number of carbonyl (C=O) groups excluding carboxylic acids is 1. The number of benzene rings is 2. The lowest BCUT2D eigenvalue weighted by atomic mass is 9.93. The van der Waals surface area contributed by atoms with Gasteiger partial charge in [-0.2, -0.15) is 0 Å². The van der Waals surface area contributed by atoms with Gasteiger partial charge < -0.3 is 9.88 Å². The van der Waals surface area contributed by atoms with Crippen LogP contribution < -0.4 is 5.56 Å². The van der Waals surface area contributed by atoms with E-state index in [2.05, 4.69) is 4.98 Å². The first-order valence-corrected chi connectivity index (χ1v) is 10.6. The summed E-state index contributed by atoms with van der Waals surface area (Å²) in [5, 5.41) is 1.42. The molecule has 1 heterocycles. The zero-order valence-electron chi connectivity index (χ0n) is 16.6. The van der Waals surface area contributed by atoms with Crippen molar-refractivity contribution in [1.29, 1.82) is 0 Å². The van der Waals surface area contributed by atoms with Gasteiger partial charge in [0.25, 0.3) is 11.5 Å². The van der Waals surface area contributed by atoms with E-state index in [9.17, 15) is 9.59 Å². The first-order chi connectivity index (χ1) is 14.0. The molecule has 0 aliphatic heterocycles. The maximum Gasteiger partial charge on any atom is 0.255 e. The summed E-state index contributed by atoms with van der Waals surface area (Å²) < 4.78 is 0. The lowest BCUT2D eigenvalue weighted by Crippen LogP contribution is -2.42. The molecule has 1 aliphatic rings. The monoisotopic (exact) mass is 408 g/mol. The summed E-state index contributed by atoms with van der Waals surface area (Å²) in [6.45, 7) is 2.28. The molecule has 0 spiro atoms. The summed E-state index contributed by atoms with van der Waals surface area (Å²) in [5.74, 6) is -0.106. The maximum atomic E-state index is 13.4. The van der Waals surface area contributed by atoms with Crippen molar-refractivity contribution in [2.45, 2.75) is 51.6 Å². The van der Waals surface area contributed by atoms with Gasteiger partial charge in [0.2, 0.25) is 0 Å². The minimum absolute atomic E-state index is 0.106. The standard InChI is InChI=1S/C24H25ClN2O2/c1-16-11-12-17-14-18(23(28)26-22(17)13-16)15-27(19-7-3-2-4-8-19)24(29)20-9-5-6-10-21(20)25/h5-6,9-14,19H,2-4,7-8,15H2,1H3,(H,26,28). The second kappa shape index (κ2) is 8.42. The van der Waals surface area contributed by atoms with Gasteiger partial charge in [0, 0.05) is 17.1 Å². The molecule has 1 saturated carbocycles. The van der Waals surface area contributed by atoms with Gasteiger partial charge in [0.1, 0.15) is 0 Å². The summed E-state index contributed by atoms with van der Waals surface area (Å²) in [6.07, 6.45) is 5.32. The molecule has 1 aliphatic carbocycles. The van der Waals surface area contributed by atoms with Crippen LogP contribution in [0.2, 0.25) is 5.02 Å². The Hall–Kier alpha value is -2.59. The molecule has 1 amide bonds. The number of aromatic amines is 1. The van der Waals surface area contributed by atoms with E-state index in [4.69, 9.17) is 11.6 Å². The van der Waals surface area contributed by atoms with Crippen LogP contribution >= 0.6 is 11.6 Å². The van der Waals surface area contributed by atoms with Crippen LogP contribution in [-0.2, 0) is 6.54 Å². The average molecular weight is 409 g/mol. The minimum Gasteiger partial charge on any atom is -0.331 e. The molecule has 1 aromatic heterocycles. The fraction of sp³-hybridized carbons (Fsp3) is 0.333. The van der Waals surface area contributed by atoms with Crippen molar-refractivity contribution in [3.05, 3.63) is 80.6 Å². The predicted molar refractivity (Wildman–Crippen MR) is 118 cm³/mol. The summed E-state index contributed by atoms with van der Waals surface area (Å²) >= 11 is 6.31. The molecule has 3 aromatic rings. The number of carbonyl (C=O) groups is 1. The van der Waals surface area contributed by atoms with Gasteiger partial charge in [0.05, 0.1) is 17.1 Å². The molecule has 0 unspecified atom stereocenters. The van der Waals surface area contributed by atoms with Crippen LogP contribution in [0.4, 0.5) is 0 Å². The number of H-pyrrole nitrogens is 1. The summed E-state index contributed by atoms with van der Waals surface area (Å²) in [7, 11) is 0. The number of nitrogens with zero attached hydrogens (tertiary/aromatic N) is 1. The van der Waals surface area contributed by atoms with E-state index in [0.717, 1.165) is 42.1 Å². The Balaban J connectivity index is 1.72. The van der Waals surface area contributed by atoms with E-state index in [1.165, 1.54) is 6.42 Å². The first-order valence-electron chi connectivity index (χ1n) is 10.2. The zero-order valence-corrected chi connectivity index (χ0v) is 17.3. The number of fused-ring (bicyclic) bond motifs is 1. The largest absolute Gasteiger partial charge is 0.331 e. The second-order valence-corrected chi connectivity index (χ2v) is 8.33. The molecule has 4 nitrogen and oxygen atoms in total. The third kappa shape index (κ3) is 4.23. The SMILES string of the molecule is Cc1ccc2cc(CN(C(=O)c3ccccc3Cl)C3CCCCC3)c(=O)[nH]c2c1. The number of aromatic nitrogens is 1. The van der Waals surface area contributed by atoms with Crippen molar-refractivity contribution in [3.8, 4) is 0 Å². The number of hydrogen-bond acceptors (Lipinski definition) is 2. The van der Waals surface area contributed by atoms with Crippen LogP contribution in [-0.4, -0.2) is 21.8 Å². The number of halogens is 1. The molecule has 150 valence electrons. The van der Waals surface area contributed by atoms with Crippen LogP contribution in [0, 0.1) is 6.92 Å². The fourth-order valence-electron chi connectivity index (χ4n) is 4.21. The minimum atomic E-state index is -0.143. The van der Waals surface area contributed by atoms with Crippen LogP contribution in [0.5, 0.6) is 0 Å². The Morgan fingerprint density at radius 3 is 2.62 bits per heavy atom. The quantitative estimate of drug-likeness (QED) is 0.622. The van der Waals surface area contributed by atoms with Gasteiger partial charge in [-0.25, -0.2) is 0 Å². The summed E-state index contributed by atoms with van der Waals surface area (Å²) in [6, 6.07) is 15.2. The van der Waals surface area contributed by atoms with Crippen molar-refractivity contribution in [2.75, 3.05) is 0 Å². The zero-order chi connectivity index (χ0) is 20.4. The Labute approximate surface area is 175 Å². The van der Waals surface area contributed by atoms with Gasteiger partial charge in [-0.15, -0.1) is 0 Å². The Morgan fingerprint density at radius 2 is 1.86 bits per heavy atom. The number of amides is 1. The molecule has 29 heavy (non-hydrogen) atoms. The van der Waals surface area contributed by atoms with Gasteiger partial charge in [-0.05, 0) is 55.0 Å². The van der Waals surface area contributed by atoms with E-state index in [-0.39, 0.29) is 24.1 Å². The van der Waals surface area contributed by atoms with Crippen LogP contribution in [0.3, 0.4) is 0 Å². The Kier molecular flexibility index (Phi) is 5.72. The third-order valence-electron chi connectivity index (χ3n) is 5.80. The molecule has 2 aromatic carbocycles. The highest BCUT2D eigenvalue weighted by atomic mass is 35.5. The maximum absolute atomic E-state index is 13.4. The normalized spacial score (nSPS) is 14.8. The summed E-state index contributed by atoms with van der Waals surface area (Å²) in [4.78, 5) is 31.0. The first kappa shape index (κ1) is 19.7. The van der Waals surface area contributed by atoms with Crippen molar-refractivity contribution in [2.24, 2.45) is 0 Å². The molecule has 4 rings (SSSR count). The number of aryl methyl sites for hydroxylation is 1. The lowest BCUT2D eigenvalue weighted by molar-refractivity contribution is 0.0613. The van der Waals surface area contributed by atoms with Gasteiger partial charge in [-0.1, -0.05) is 55.1 Å². The number of pyridine rings is 1. The molecule has 5 heteroatoms. The molecular formula is C24H25ClN2O2. The van der Waals surface area contributed by atoms with Crippen molar-refractivity contribution in [1.82, 2.24) is 9.88 Å². The topological polar surface area (TPSA) is 53.2 Å². The van der Waals surface area contributed by atoms with E-state index in [1.807, 2.05) is 48.2 Å². The molecular weight excluding hydrogens is 384 g/mol. The van der Waals surface area contributed by atoms with Gasteiger partial charge in [0.15, 0.2) is 0 Å². The van der Waals surface area contributed by atoms with E-state index >= 15 is 0 Å². The van der Waals surface area contributed by atoms with Crippen LogP contribution in [0.25, 0.3) is 10.9 Å². The molecule has 0 radical (unpaired) electrons. The van der Waals surface area contributed by atoms with Crippen LogP contribution in [0.1, 0.15) is 53.6 Å².